The van der Waals surface area contributed by atoms with Crippen LogP contribution in [0, 0.1) is 0 Å². The number of hydrogen-bond acceptors (Lipinski definition) is 0. The summed E-state index contributed by atoms with van der Waals surface area (Å²) in [7, 11) is 0. The third-order valence-corrected chi connectivity index (χ3v) is 5.53. The van der Waals surface area contributed by atoms with Crippen LogP contribution in [0.3, 0.4) is 0 Å². The van der Waals surface area contributed by atoms with Crippen molar-refractivity contribution in [1.29, 1.82) is 0 Å². The molecule has 1 aliphatic carbocycles. The summed E-state index contributed by atoms with van der Waals surface area (Å²) in [6, 6.07) is 10.8. The zero-order chi connectivity index (χ0) is 10.5. The summed E-state index contributed by atoms with van der Waals surface area (Å²) < 4.78 is 2.94. The van der Waals surface area contributed by atoms with Crippen molar-refractivity contribution >= 4 is 24.5 Å². The number of hydrogen-bond donors (Lipinski definition) is 0. The molecule has 0 spiro atoms. The molecule has 1 aromatic carbocycles. The van der Waals surface area contributed by atoms with E-state index in [4.69, 9.17) is 0 Å². The Morgan fingerprint density at radius 3 is 2.60 bits per heavy atom. The van der Waals surface area contributed by atoms with Crippen LogP contribution in [-0.4, -0.2) is 20.9 Å². The Labute approximate surface area is 102 Å². The second kappa shape index (κ2) is 5.54. The van der Waals surface area contributed by atoms with Gasteiger partial charge in [0.25, 0.3) is 0 Å². The van der Waals surface area contributed by atoms with E-state index in [1.165, 1.54) is 32.9 Å². The summed E-state index contributed by atoms with van der Waals surface area (Å²) in [5.41, 5.74) is 1.55. The molecule has 0 atom stereocenters. The maximum atomic E-state index is 4.26. The first-order valence-electron chi connectivity index (χ1n) is 5.47. The van der Waals surface area contributed by atoms with Gasteiger partial charge in [-0.15, -0.1) is 0 Å². The average Bonchev–Trinajstić information content (AvgIpc) is 2.31. The minimum atomic E-state index is -0.211. The first kappa shape index (κ1) is 11.0. The average molecular weight is 312 g/mol. The van der Waals surface area contributed by atoms with Crippen LogP contribution in [0.5, 0.6) is 0 Å². The van der Waals surface area contributed by atoms with Crippen LogP contribution >= 0.6 is 0 Å². The second-order valence-electron chi connectivity index (χ2n) is 3.81. The van der Waals surface area contributed by atoms with Gasteiger partial charge in [0, 0.05) is 0 Å². The Morgan fingerprint density at radius 1 is 1.13 bits per heavy atom. The molecule has 0 unspecified atom stereocenters. The molecule has 0 aromatic heterocycles. The number of allylic oxidation sites excluding steroid dienone is 3. The van der Waals surface area contributed by atoms with Crippen molar-refractivity contribution in [2.75, 3.05) is 0 Å². The van der Waals surface area contributed by atoms with E-state index < -0.39 is 0 Å². The van der Waals surface area contributed by atoms with Crippen LogP contribution in [0.2, 0.25) is 0 Å². The van der Waals surface area contributed by atoms with Crippen LogP contribution in [0.15, 0.2) is 52.2 Å². The quantitative estimate of drug-likeness (QED) is 0.753. The molecule has 1 aromatic rings. The molecule has 0 nitrogen and oxygen atoms in total. The molecule has 0 amide bonds. The van der Waals surface area contributed by atoms with Crippen LogP contribution < -0.4 is 3.61 Å². The predicted octanol–water partition coefficient (Wildman–Crippen LogP) is 3.03. The summed E-state index contributed by atoms with van der Waals surface area (Å²) in [4.78, 5) is 0. The second-order valence-corrected chi connectivity index (χ2v) is 7.15. The first-order valence-corrected chi connectivity index (χ1v) is 7.80. The molecule has 0 saturated carbocycles. The van der Waals surface area contributed by atoms with Gasteiger partial charge in [0.1, 0.15) is 0 Å². The van der Waals surface area contributed by atoms with Crippen LogP contribution in [-0.2, 0) is 0 Å². The van der Waals surface area contributed by atoms with E-state index in [1.54, 1.807) is 5.57 Å². The Morgan fingerprint density at radius 2 is 1.93 bits per heavy atom. The Kier molecular flexibility index (Phi) is 4.06. The van der Waals surface area contributed by atoms with Gasteiger partial charge in [-0.2, -0.15) is 0 Å². The van der Waals surface area contributed by atoms with Crippen molar-refractivity contribution in [3.8, 4) is 0 Å². The molecule has 1 heteroatoms. The van der Waals surface area contributed by atoms with Gasteiger partial charge >= 0.3 is 102 Å². The molecule has 0 aliphatic heterocycles. The molecule has 78 valence electrons. The van der Waals surface area contributed by atoms with Gasteiger partial charge < -0.3 is 0 Å². The van der Waals surface area contributed by atoms with E-state index >= 15 is 0 Å². The molecule has 15 heavy (non-hydrogen) atoms. The molecule has 0 N–H and O–H groups in total. The van der Waals surface area contributed by atoms with Gasteiger partial charge in [-0.05, 0) is 0 Å². The molecule has 1 aliphatic rings. The van der Waals surface area contributed by atoms with E-state index in [-0.39, 0.29) is 20.9 Å². The molecular formula is C14H16Te. The molecule has 0 heterocycles. The van der Waals surface area contributed by atoms with Gasteiger partial charge in [0.15, 0.2) is 0 Å². The molecule has 2 rings (SSSR count). The SMILES string of the molecule is C=C([Te]c1ccccc1)C1=CCCCC1. The Hall–Kier alpha value is -0.510. The normalized spacial score (nSPS) is 15.9. The predicted molar refractivity (Wildman–Crippen MR) is 67.5 cm³/mol. The fourth-order valence-electron chi connectivity index (χ4n) is 1.79. The van der Waals surface area contributed by atoms with Crippen LogP contribution in [0.25, 0.3) is 0 Å². The molecule has 0 fully saturated rings. The summed E-state index contributed by atoms with van der Waals surface area (Å²) in [6.45, 7) is 4.26. The molecule has 0 radical (unpaired) electrons. The third kappa shape index (κ3) is 3.23. The van der Waals surface area contributed by atoms with Crippen molar-refractivity contribution < 1.29 is 0 Å². The van der Waals surface area contributed by atoms with E-state index in [1.807, 2.05) is 0 Å². The maximum absolute atomic E-state index is 4.26. The van der Waals surface area contributed by atoms with Crippen LogP contribution in [0.1, 0.15) is 25.7 Å². The van der Waals surface area contributed by atoms with Crippen molar-refractivity contribution in [1.82, 2.24) is 0 Å². The minimum absolute atomic E-state index is 0.211. The Balaban J connectivity index is 2.00. The van der Waals surface area contributed by atoms with Gasteiger partial charge in [0.05, 0.1) is 0 Å². The van der Waals surface area contributed by atoms with E-state index in [0.29, 0.717) is 0 Å². The van der Waals surface area contributed by atoms with Crippen molar-refractivity contribution in [2.45, 2.75) is 25.7 Å². The fraction of sp³-hybridized carbons (Fsp3) is 0.286. The van der Waals surface area contributed by atoms with Crippen molar-refractivity contribution in [3.63, 3.8) is 0 Å². The van der Waals surface area contributed by atoms with Gasteiger partial charge in [-0.3, -0.25) is 0 Å². The first-order chi connectivity index (χ1) is 7.36. The van der Waals surface area contributed by atoms with Crippen LogP contribution in [0.4, 0.5) is 0 Å². The molecule has 0 bridgehead atoms. The molecular weight excluding hydrogens is 296 g/mol. The summed E-state index contributed by atoms with van der Waals surface area (Å²) in [5, 5.41) is 0. The van der Waals surface area contributed by atoms with Gasteiger partial charge in [-0.25, -0.2) is 0 Å². The van der Waals surface area contributed by atoms with Gasteiger partial charge in [-0.1, -0.05) is 0 Å². The standard InChI is InChI=1S/C14H16Te/c1-12(13-8-4-2-5-9-13)15-14-10-6-3-7-11-14/h3,6-8,10-11H,1-2,4-5,9H2. The molecule has 0 saturated heterocycles. The van der Waals surface area contributed by atoms with Crippen molar-refractivity contribution in [3.05, 3.63) is 52.2 Å². The van der Waals surface area contributed by atoms with E-state index in [9.17, 15) is 0 Å². The fourth-order valence-corrected chi connectivity index (χ4v) is 4.34. The summed E-state index contributed by atoms with van der Waals surface area (Å²) >= 11 is -0.211. The zero-order valence-corrected chi connectivity index (χ0v) is 11.2. The van der Waals surface area contributed by atoms with Gasteiger partial charge in [0.2, 0.25) is 0 Å². The summed E-state index contributed by atoms with van der Waals surface area (Å²) in [5.74, 6) is 0. The van der Waals surface area contributed by atoms with E-state index in [2.05, 4.69) is 43.0 Å². The summed E-state index contributed by atoms with van der Waals surface area (Å²) in [6.07, 6.45) is 7.64. The van der Waals surface area contributed by atoms with Crippen molar-refractivity contribution in [2.24, 2.45) is 0 Å². The third-order valence-electron chi connectivity index (χ3n) is 2.63. The topological polar surface area (TPSA) is 0 Å². The number of benzene rings is 1. The number of rotatable bonds is 3. The monoisotopic (exact) mass is 314 g/mol. The van der Waals surface area contributed by atoms with E-state index in [0.717, 1.165) is 0 Å². The Bertz CT molecular complexity index is 362. The zero-order valence-electron chi connectivity index (χ0n) is 8.91.